The summed E-state index contributed by atoms with van der Waals surface area (Å²) in [5, 5.41) is 17.3. The Hall–Kier alpha value is -1.99. The fourth-order valence-corrected chi connectivity index (χ4v) is 2.34. The summed E-state index contributed by atoms with van der Waals surface area (Å²) in [5.74, 6) is 1.32. The van der Waals surface area contributed by atoms with Crippen LogP contribution in [0.3, 0.4) is 0 Å². The zero-order chi connectivity index (χ0) is 13.9. The molecule has 0 bridgehead atoms. The lowest BCUT2D eigenvalue weighted by molar-refractivity contribution is -0.384. The van der Waals surface area contributed by atoms with Crippen molar-refractivity contribution in [3.63, 3.8) is 0 Å². The third-order valence-corrected chi connectivity index (χ3v) is 3.47. The summed E-state index contributed by atoms with van der Waals surface area (Å²) >= 11 is 0. The van der Waals surface area contributed by atoms with E-state index in [4.69, 9.17) is 0 Å². The Labute approximate surface area is 127 Å². The monoisotopic (exact) mass is 309 g/mol. The number of nitro benzene ring substituents is 1. The van der Waals surface area contributed by atoms with Crippen molar-refractivity contribution in [2.75, 3.05) is 25.0 Å². The van der Waals surface area contributed by atoms with Crippen molar-refractivity contribution in [3.8, 4) is 0 Å². The molecule has 2 aromatic rings. The van der Waals surface area contributed by atoms with Crippen LogP contribution in [0.4, 0.5) is 11.5 Å². The first-order valence-electron chi connectivity index (χ1n) is 6.58. The standard InChI is InChI=1S/C13H15N5O2.ClH/c19-18(20)10-1-2-11-12(5-10)15-8-13(17-11)16-7-9-3-4-14-6-9;/h1-2,5,8-9,14H,3-4,6-7H2,(H,16,17);1H. The van der Waals surface area contributed by atoms with Crippen LogP contribution in [0.25, 0.3) is 11.0 Å². The lowest BCUT2D eigenvalue weighted by Gasteiger charge is -2.10. The number of anilines is 1. The van der Waals surface area contributed by atoms with Crippen molar-refractivity contribution in [3.05, 3.63) is 34.5 Å². The molecule has 1 atom stereocenters. The largest absolute Gasteiger partial charge is 0.368 e. The normalized spacial score (nSPS) is 17.4. The predicted molar refractivity (Wildman–Crippen MR) is 82.9 cm³/mol. The molecule has 1 saturated heterocycles. The number of nitrogens with zero attached hydrogens (tertiary/aromatic N) is 3. The maximum atomic E-state index is 10.7. The summed E-state index contributed by atoms with van der Waals surface area (Å²) in [6.07, 6.45) is 2.79. The topological polar surface area (TPSA) is 93.0 Å². The third-order valence-electron chi connectivity index (χ3n) is 3.47. The van der Waals surface area contributed by atoms with Crippen LogP contribution in [0.1, 0.15) is 6.42 Å². The maximum Gasteiger partial charge on any atom is 0.271 e. The van der Waals surface area contributed by atoms with Crippen LogP contribution < -0.4 is 10.6 Å². The highest BCUT2D eigenvalue weighted by molar-refractivity contribution is 5.85. The van der Waals surface area contributed by atoms with Gasteiger partial charge in [-0.2, -0.15) is 0 Å². The molecule has 2 heterocycles. The van der Waals surface area contributed by atoms with Crippen LogP contribution in [0.15, 0.2) is 24.4 Å². The van der Waals surface area contributed by atoms with Gasteiger partial charge in [-0.1, -0.05) is 0 Å². The molecule has 1 unspecified atom stereocenters. The second-order valence-corrected chi connectivity index (χ2v) is 4.93. The Morgan fingerprint density at radius 1 is 1.43 bits per heavy atom. The van der Waals surface area contributed by atoms with Gasteiger partial charge in [0.15, 0.2) is 0 Å². The zero-order valence-corrected chi connectivity index (χ0v) is 12.1. The third kappa shape index (κ3) is 3.56. The van der Waals surface area contributed by atoms with E-state index in [1.807, 2.05) is 0 Å². The highest BCUT2D eigenvalue weighted by atomic mass is 35.5. The van der Waals surface area contributed by atoms with Gasteiger partial charge >= 0.3 is 0 Å². The average Bonchev–Trinajstić information content (AvgIpc) is 2.97. The number of nitrogens with one attached hydrogen (secondary N) is 2. The van der Waals surface area contributed by atoms with Gasteiger partial charge in [0.2, 0.25) is 0 Å². The molecule has 21 heavy (non-hydrogen) atoms. The van der Waals surface area contributed by atoms with E-state index in [-0.39, 0.29) is 18.1 Å². The van der Waals surface area contributed by atoms with Crippen molar-refractivity contribution in [1.29, 1.82) is 0 Å². The Kier molecular flexibility index (Phi) is 4.87. The number of fused-ring (bicyclic) bond motifs is 1. The molecule has 3 rings (SSSR count). The molecule has 1 aromatic carbocycles. The van der Waals surface area contributed by atoms with Gasteiger partial charge in [0.05, 0.1) is 22.2 Å². The first kappa shape index (κ1) is 15.4. The summed E-state index contributed by atoms with van der Waals surface area (Å²) in [6, 6.07) is 4.51. The number of halogens is 1. The zero-order valence-electron chi connectivity index (χ0n) is 11.3. The Balaban J connectivity index is 0.00000161. The average molecular weight is 310 g/mol. The molecule has 0 aliphatic carbocycles. The molecule has 1 aliphatic rings. The molecular formula is C13H16ClN5O2. The van der Waals surface area contributed by atoms with Crippen LogP contribution in [-0.4, -0.2) is 34.5 Å². The van der Waals surface area contributed by atoms with Gasteiger partial charge < -0.3 is 10.6 Å². The van der Waals surface area contributed by atoms with Gasteiger partial charge in [-0.3, -0.25) is 15.1 Å². The van der Waals surface area contributed by atoms with Crippen LogP contribution >= 0.6 is 12.4 Å². The van der Waals surface area contributed by atoms with Crippen molar-refractivity contribution in [2.24, 2.45) is 5.92 Å². The number of aromatic nitrogens is 2. The van der Waals surface area contributed by atoms with E-state index in [0.29, 0.717) is 22.8 Å². The predicted octanol–water partition coefficient (Wildman–Crippen LogP) is 1.98. The molecule has 112 valence electrons. The second-order valence-electron chi connectivity index (χ2n) is 4.93. The summed E-state index contributed by atoms with van der Waals surface area (Å²) in [7, 11) is 0. The SMILES string of the molecule is Cl.O=[N+]([O-])c1ccc2nc(NCC3CCNC3)cnc2c1. The maximum absolute atomic E-state index is 10.7. The molecule has 7 nitrogen and oxygen atoms in total. The summed E-state index contributed by atoms with van der Waals surface area (Å²) < 4.78 is 0. The quantitative estimate of drug-likeness (QED) is 0.662. The molecule has 1 fully saturated rings. The van der Waals surface area contributed by atoms with Crippen LogP contribution in [0.5, 0.6) is 0 Å². The van der Waals surface area contributed by atoms with E-state index < -0.39 is 4.92 Å². The molecule has 2 N–H and O–H groups in total. The first-order chi connectivity index (χ1) is 9.72. The number of non-ortho nitro benzene ring substituents is 1. The van der Waals surface area contributed by atoms with Gasteiger partial charge in [0.25, 0.3) is 5.69 Å². The lowest BCUT2D eigenvalue weighted by Crippen LogP contribution is -2.17. The van der Waals surface area contributed by atoms with Gasteiger partial charge in [0, 0.05) is 18.7 Å². The number of hydrogen-bond acceptors (Lipinski definition) is 6. The second kappa shape index (κ2) is 6.64. The number of nitro groups is 1. The molecule has 0 amide bonds. The smallest absolute Gasteiger partial charge is 0.271 e. The minimum atomic E-state index is -0.430. The van der Waals surface area contributed by atoms with Crippen LogP contribution in [-0.2, 0) is 0 Å². The van der Waals surface area contributed by atoms with E-state index in [1.165, 1.54) is 18.6 Å². The van der Waals surface area contributed by atoms with Crippen LogP contribution in [0, 0.1) is 16.0 Å². The van der Waals surface area contributed by atoms with Crippen molar-refractivity contribution < 1.29 is 4.92 Å². The first-order valence-corrected chi connectivity index (χ1v) is 6.58. The number of rotatable bonds is 4. The highest BCUT2D eigenvalue weighted by Crippen LogP contribution is 2.19. The molecule has 1 aromatic heterocycles. The molecule has 8 heteroatoms. The molecular weight excluding hydrogens is 294 g/mol. The van der Waals surface area contributed by atoms with Crippen molar-refractivity contribution in [1.82, 2.24) is 15.3 Å². The Morgan fingerprint density at radius 3 is 3.00 bits per heavy atom. The summed E-state index contributed by atoms with van der Waals surface area (Å²) in [5.41, 5.74) is 1.22. The number of hydrogen-bond donors (Lipinski definition) is 2. The number of benzene rings is 1. The van der Waals surface area contributed by atoms with E-state index >= 15 is 0 Å². The molecule has 1 aliphatic heterocycles. The van der Waals surface area contributed by atoms with Gasteiger partial charge in [-0.05, 0) is 31.5 Å². The van der Waals surface area contributed by atoms with Gasteiger partial charge in [-0.25, -0.2) is 4.98 Å². The highest BCUT2D eigenvalue weighted by Gasteiger charge is 2.14. The molecule has 0 saturated carbocycles. The minimum absolute atomic E-state index is 0. The van der Waals surface area contributed by atoms with Crippen molar-refractivity contribution in [2.45, 2.75) is 6.42 Å². The minimum Gasteiger partial charge on any atom is -0.368 e. The van der Waals surface area contributed by atoms with Crippen LogP contribution in [0.2, 0.25) is 0 Å². The Morgan fingerprint density at radius 2 is 2.29 bits per heavy atom. The molecule has 0 radical (unpaired) electrons. The van der Waals surface area contributed by atoms with Gasteiger partial charge in [-0.15, -0.1) is 12.4 Å². The van der Waals surface area contributed by atoms with E-state index in [2.05, 4.69) is 20.6 Å². The Bertz CT molecular complexity index is 645. The lowest BCUT2D eigenvalue weighted by atomic mass is 10.1. The summed E-state index contributed by atoms with van der Waals surface area (Å²) in [4.78, 5) is 18.9. The van der Waals surface area contributed by atoms with E-state index in [9.17, 15) is 10.1 Å². The van der Waals surface area contributed by atoms with E-state index in [0.717, 1.165) is 19.6 Å². The van der Waals surface area contributed by atoms with Crippen molar-refractivity contribution >= 4 is 34.9 Å². The fraction of sp³-hybridized carbons (Fsp3) is 0.385. The van der Waals surface area contributed by atoms with Gasteiger partial charge in [0.1, 0.15) is 5.82 Å². The fourth-order valence-electron chi connectivity index (χ4n) is 2.34. The summed E-state index contributed by atoms with van der Waals surface area (Å²) in [6.45, 7) is 2.96. The molecule has 0 spiro atoms. The van der Waals surface area contributed by atoms with E-state index in [1.54, 1.807) is 12.3 Å².